The fourth-order valence-corrected chi connectivity index (χ4v) is 2.10. The van der Waals surface area contributed by atoms with E-state index in [1.165, 1.54) is 0 Å². The van der Waals surface area contributed by atoms with Crippen molar-refractivity contribution in [3.05, 3.63) is 29.8 Å². The van der Waals surface area contributed by atoms with Crippen molar-refractivity contribution in [2.45, 2.75) is 31.9 Å². The number of ether oxygens (including phenoxy) is 3. The Morgan fingerprint density at radius 2 is 2.05 bits per heavy atom. The Morgan fingerprint density at radius 3 is 2.84 bits per heavy atom. The summed E-state index contributed by atoms with van der Waals surface area (Å²) in [7, 11) is 0. The molecule has 0 aromatic heterocycles. The van der Waals surface area contributed by atoms with E-state index in [1.807, 2.05) is 24.3 Å². The molecule has 1 aliphatic rings. The second kappa shape index (κ2) is 8.15. The Morgan fingerprint density at radius 1 is 1.21 bits per heavy atom. The molecule has 0 aliphatic carbocycles. The Balaban J connectivity index is 1.58. The molecule has 1 fully saturated rings. The summed E-state index contributed by atoms with van der Waals surface area (Å²) in [6, 6.07) is 7.91. The first kappa shape index (κ1) is 14.3. The molecule has 1 aromatic rings. The third-order valence-electron chi connectivity index (χ3n) is 3.21. The number of hydrogen-bond acceptors (Lipinski definition) is 4. The first-order valence-electron chi connectivity index (χ1n) is 6.99. The highest BCUT2D eigenvalue weighted by molar-refractivity contribution is 5.28. The second-order valence-corrected chi connectivity index (χ2v) is 4.74. The average Bonchev–Trinajstić information content (AvgIpc) is 2.48. The largest absolute Gasteiger partial charge is 0.493 e. The van der Waals surface area contributed by atoms with Crippen molar-refractivity contribution >= 4 is 0 Å². The number of hydrogen-bond donors (Lipinski definition) is 1. The maximum atomic E-state index is 5.79. The first-order valence-corrected chi connectivity index (χ1v) is 6.99. The summed E-state index contributed by atoms with van der Waals surface area (Å²) in [4.78, 5) is 0. The predicted molar refractivity (Wildman–Crippen MR) is 74.2 cm³/mol. The maximum Gasteiger partial charge on any atom is 0.119 e. The molecule has 0 atom stereocenters. The third kappa shape index (κ3) is 5.19. The van der Waals surface area contributed by atoms with Crippen LogP contribution in [0.5, 0.6) is 5.75 Å². The average molecular weight is 265 g/mol. The van der Waals surface area contributed by atoms with Gasteiger partial charge in [0.2, 0.25) is 0 Å². The van der Waals surface area contributed by atoms with Crippen LogP contribution in [0.3, 0.4) is 0 Å². The minimum Gasteiger partial charge on any atom is -0.493 e. The van der Waals surface area contributed by atoms with Gasteiger partial charge in [-0.1, -0.05) is 12.1 Å². The van der Waals surface area contributed by atoms with Crippen molar-refractivity contribution in [2.75, 3.05) is 26.4 Å². The van der Waals surface area contributed by atoms with Crippen molar-refractivity contribution in [3.63, 3.8) is 0 Å². The minimum absolute atomic E-state index is 0.370. The van der Waals surface area contributed by atoms with Crippen LogP contribution in [-0.2, 0) is 16.0 Å². The standard InChI is InChI=1S/C15H23NO3/c16-12-13-3-1-4-15(11-13)19-8-2-7-18-14-5-9-17-10-6-14/h1,3-4,11,14H,2,5-10,12,16H2. The zero-order chi connectivity index (χ0) is 13.3. The summed E-state index contributed by atoms with van der Waals surface area (Å²) >= 11 is 0. The van der Waals surface area contributed by atoms with Crippen LogP contribution in [-0.4, -0.2) is 32.5 Å². The number of benzene rings is 1. The lowest BCUT2D eigenvalue weighted by Crippen LogP contribution is -2.24. The SMILES string of the molecule is NCc1cccc(OCCCOC2CCOCC2)c1. The molecule has 0 spiro atoms. The van der Waals surface area contributed by atoms with Crippen LogP contribution in [0.4, 0.5) is 0 Å². The second-order valence-electron chi connectivity index (χ2n) is 4.74. The summed E-state index contributed by atoms with van der Waals surface area (Å²) in [5.41, 5.74) is 6.69. The van der Waals surface area contributed by atoms with E-state index >= 15 is 0 Å². The van der Waals surface area contributed by atoms with Gasteiger partial charge in [0, 0.05) is 26.2 Å². The van der Waals surface area contributed by atoms with Crippen LogP contribution < -0.4 is 10.5 Å². The highest BCUT2D eigenvalue weighted by Gasteiger charge is 2.13. The number of rotatable bonds is 7. The zero-order valence-corrected chi connectivity index (χ0v) is 11.3. The maximum absolute atomic E-state index is 5.79. The molecule has 19 heavy (non-hydrogen) atoms. The first-order chi connectivity index (χ1) is 9.38. The molecular weight excluding hydrogens is 242 g/mol. The van der Waals surface area contributed by atoms with Crippen LogP contribution in [0.15, 0.2) is 24.3 Å². The quantitative estimate of drug-likeness (QED) is 0.767. The van der Waals surface area contributed by atoms with Gasteiger partial charge in [-0.3, -0.25) is 0 Å². The normalized spacial score (nSPS) is 16.5. The van der Waals surface area contributed by atoms with Gasteiger partial charge in [-0.15, -0.1) is 0 Å². The Hall–Kier alpha value is -1.10. The Bertz CT molecular complexity index is 364. The molecule has 0 unspecified atom stereocenters. The lowest BCUT2D eigenvalue weighted by molar-refractivity contribution is -0.0341. The van der Waals surface area contributed by atoms with E-state index < -0.39 is 0 Å². The summed E-state index contributed by atoms with van der Waals surface area (Å²) in [5, 5.41) is 0. The smallest absolute Gasteiger partial charge is 0.119 e. The van der Waals surface area contributed by atoms with Gasteiger partial charge in [-0.25, -0.2) is 0 Å². The fraction of sp³-hybridized carbons (Fsp3) is 0.600. The van der Waals surface area contributed by atoms with Crippen LogP contribution in [0.2, 0.25) is 0 Å². The van der Waals surface area contributed by atoms with Crippen LogP contribution in [0.25, 0.3) is 0 Å². The predicted octanol–water partition coefficient (Wildman–Crippen LogP) is 2.11. The van der Waals surface area contributed by atoms with Gasteiger partial charge < -0.3 is 19.9 Å². The molecule has 4 nitrogen and oxygen atoms in total. The molecule has 2 N–H and O–H groups in total. The molecule has 1 aromatic carbocycles. The molecule has 0 amide bonds. The Kier molecular flexibility index (Phi) is 6.14. The van der Waals surface area contributed by atoms with Crippen LogP contribution in [0.1, 0.15) is 24.8 Å². The highest BCUT2D eigenvalue weighted by Crippen LogP contribution is 2.14. The van der Waals surface area contributed by atoms with E-state index in [4.69, 9.17) is 19.9 Å². The summed E-state index contributed by atoms with van der Waals surface area (Å²) in [6.07, 6.45) is 3.30. The third-order valence-corrected chi connectivity index (χ3v) is 3.21. The van der Waals surface area contributed by atoms with Crippen molar-refractivity contribution in [1.29, 1.82) is 0 Å². The van der Waals surface area contributed by atoms with Gasteiger partial charge in [0.1, 0.15) is 5.75 Å². The van der Waals surface area contributed by atoms with Gasteiger partial charge in [0.05, 0.1) is 19.3 Å². The molecule has 1 aliphatic heterocycles. The molecular formula is C15H23NO3. The molecule has 4 heteroatoms. The van der Waals surface area contributed by atoms with Gasteiger partial charge in [-0.2, -0.15) is 0 Å². The van der Waals surface area contributed by atoms with Crippen molar-refractivity contribution in [1.82, 2.24) is 0 Å². The van der Waals surface area contributed by atoms with Crippen molar-refractivity contribution < 1.29 is 14.2 Å². The summed E-state index contributed by atoms with van der Waals surface area (Å²) in [5.74, 6) is 0.883. The van der Waals surface area contributed by atoms with Crippen molar-refractivity contribution in [3.8, 4) is 5.75 Å². The lowest BCUT2D eigenvalue weighted by atomic mass is 10.1. The fourth-order valence-electron chi connectivity index (χ4n) is 2.10. The molecule has 0 saturated carbocycles. The summed E-state index contributed by atoms with van der Waals surface area (Å²) < 4.78 is 16.8. The van der Waals surface area contributed by atoms with Gasteiger partial charge in [0.25, 0.3) is 0 Å². The molecule has 2 rings (SSSR count). The minimum atomic E-state index is 0.370. The van der Waals surface area contributed by atoms with Gasteiger partial charge in [0.15, 0.2) is 0 Å². The van der Waals surface area contributed by atoms with E-state index in [9.17, 15) is 0 Å². The molecule has 106 valence electrons. The van der Waals surface area contributed by atoms with Crippen molar-refractivity contribution in [2.24, 2.45) is 5.73 Å². The lowest BCUT2D eigenvalue weighted by Gasteiger charge is -2.22. The van der Waals surface area contributed by atoms with E-state index in [2.05, 4.69) is 0 Å². The van der Waals surface area contributed by atoms with E-state index in [0.717, 1.165) is 50.4 Å². The molecule has 0 bridgehead atoms. The van der Waals surface area contributed by atoms with E-state index in [1.54, 1.807) is 0 Å². The molecule has 1 heterocycles. The van der Waals surface area contributed by atoms with E-state index in [-0.39, 0.29) is 0 Å². The monoisotopic (exact) mass is 265 g/mol. The van der Waals surface area contributed by atoms with Gasteiger partial charge in [-0.05, 0) is 30.5 Å². The van der Waals surface area contributed by atoms with E-state index in [0.29, 0.717) is 19.3 Å². The zero-order valence-electron chi connectivity index (χ0n) is 11.3. The molecule has 0 radical (unpaired) electrons. The summed E-state index contributed by atoms with van der Waals surface area (Å²) in [6.45, 7) is 3.63. The highest BCUT2D eigenvalue weighted by atomic mass is 16.5. The number of nitrogens with two attached hydrogens (primary N) is 1. The van der Waals surface area contributed by atoms with Crippen LogP contribution >= 0.6 is 0 Å². The topological polar surface area (TPSA) is 53.7 Å². The molecule has 1 saturated heterocycles. The van der Waals surface area contributed by atoms with Gasteiger partial charge >= 0.3 is 0 Å². The Labute approximate surface area is 114 Å². The van der Waals surface area contributed by atoms with Crippen LogP contribution in [0, 0.1) is 0 Å².